The zero-order valence-electron chi connectivity index (χ0n) is 8.66. The third-order valence-electron chi connectivity index (χ3n) is 2.40. The highest BCUT2D eigenvalue weighted by Gasteiger charge is 2.32. The number of amides is 3. The van der Waals surface area contributed by atoms with Crippen molar-refractivity contribution in [1.82, 2.24) is 10.2 Å². The van der Waals surface area contributed by atoms with Crippen LogP contribution < -0.4 is 11.1 Å². The van der Waals surface area contributed by atoms with Gasteiger partial charge in [-0.15, -0.1) is 0 Å². The number of rotatable bonds is 3. The molecule has 0 bridgehead atoms. The van der Waals surface area contributed by atoms with Crippen molar-refractivity contribution in [1.29, 1.82) is 0 Å². The summed E-state index contributed by atoms with van der Waals surface area (Å²) in [4.78, 5) is 34.7. The van der Waals surface area contributed by atoms with Crippen LogP contribution in [-0.2, 0) is 14.4 Å². The van der Waals surface area contributed by atoms with Gasteiger partial charge in [-0.2, -0.15) is 0 Å². The summed E-state index contributed by atoms with van der Waals surface area (Å²) in [6.07, 6.45) is 1.46. The Morgan fingerprint density at radius 2 is 2.13 bits per heavy atom. The fraction of sp³-hybridized carbons (Fsp3) is 0.667. The Hall–Kier alpha value is -1.59. The first-order chi connectivity index (χ1) is 7.02. The lowest BCUT2D eigenvalue weighted by Crippen LogP contribution is -2.47. The highest BCUT2D eigenvalue weighted by molar-refractivity contribution is 5.90. The lowest BCUT2D eigenvalue weighted by atomic mass is 10.2. The van der Waals surface area contributed by atoms with Crippen LogP contribution in [0.1, 0.15) is 19.8 Å². The third-order valence-corrected chi connectivity index (χ3v) is 2.40. The van der Waals surface area contributed by atoms with E-state index in [0.29, 0.717) is 13.0 Å². The molecule has 0 aromatic heterocycles. The molecule has 0 saturated carbocycles. The number of hydrogen-bond acceptors (Lipinski definition) is 3. The summed E-state index contributed by atoms with van der Waals surface area (Å²) in [5.41, 5.74) is 4.90. The van der Waals surface area contributed by atoms with Crippen molar-refractivity contribution >= 4 is 17.7 Å². The van der Waals surface area contributed by atoms with Crippen LogP contribution in [0.5, 0.6) is 0 Å². The maximum absolute atomic E-state index is 11.6. The van der Waals surface area contributed by atoms with E-state index in [-0.39, 0.29) is 18.4 Å². The van der Waals surface area contributed by atoms with Crippen molar-refractivity contribution < 1.29 is 14.4 Å². The van der Waals surface area contributed by atoms with Gasteiger partial charge in [-0.1, -0.05) is 0 Å². The maximum atomic E-state index is 11.6. The molecule has 1 fully saturated rings. The van der Waals surface area contributed by atoms with E-state index in [9.17, 15) is 14.4 Å². The summed E-state index contributed by atoms with van der Waals surface area (Å²) in [5, 5.41) is 2.40. The zero-order valence-corrected chi connectivity index (χ0v) is 8.66. The van der Waals surface area contributed by atoms with Crippen molar-refractivity contribution in [3.63, 3.8) is 0 Å². The van der Waals surface area contributed by atoms with E-state index in [1.807, 2.05) is 0 Å². The number of carbonyl (C=O) groups excluding carboxylic acids is 3. The van der Waals surface area contributed by atoms with Crippen molar-refractivity contribution in [2.75, 3.05) is 13.1 Å². The van der Waals surface area contributed by atoms with Gasteiger partial charge in [0.25, 0.3) is 0 Å². The fourth-order valence-corrected chi connectivity index (χ4v) is 1.71. The van der Waals surface area contributed by atoms with Crippen LogP contribution in [0.3, 0.4) is 0 Å². The standard InChI is InChI=1S/C9H15N3O3/c1-6(13)12-4-2-3-7(12)9(15)11-5-8(10)14/h7H,2-5H2,1H3,(H2,10,14)(H,11,15)/t7-/m0/s1. The Morgan fingerprint density at radius 1 is 1.47 bits per heavy atom. The van der Waals surface area contributed by atoms with Crippen molar-refractivity contribution in [3.8, 4) is 0 Å². The van der Waals surface area contributed by atoms with Crippen molar-refractivity contribution in [3.05, 3.63) is 0 Å². The van der Waals surface area contributed by atoms with Gasteiger partial charge < -0.3 is 16.0 Å². The molecule has 1 aliphatic rings. The molecular formula is C9H15N3O3. The summed E-state index contributed by atoms with van der Waals surface area (Å²) in [6.45, 7) is 1.85. The van der Waals surface area contributed by atoms with Crippen LogP contribution in [-0.4, -0.2) is 41.8 Å². The first-order valence-corrected chi connectivity index (χ1v) is 4.85. The molecule has 1 rings (SSSR count). The number of likely N-dealkylation sites (tertiary alicyclic amines) is 1. The Morgan fingerprint density at radius 3 is 2.67 bits per heavy atom. The molecule has 1 atom stereocenters. The van der Waals surface area contributed by atoms with Crippen LogP contribution in [0.15, 0.2) is 0 Å². The number of primary amides is 1. The minimum Gasteiger partial charge on any atom is -0.368 e. The second-order valence-corrected chi connectivity index (χ2v) is 3.55. The van der Waals surface area contributed by atoms with E-state index in [1.165, 1.54) is 11.8 Å². The van der Waals surface area contributed by atoms with Gasteiger partial charge in [0.15, 0.2) is 0 Å². The van der Waals surface area contributed by atoms with E-state index >= 15 is 0 Å². The van der Waals surface area contributed by atoms with Gasteiger partial charge in [0.2, 0.25) is 17.7 Å². The van der Waals surface area contributed by atoms with E-state index in [0.717, 1.165) is 6.42 Å². The van der Waals surface area contributed by atoms with Crippen molar-refractivity contribution in [2.24, 2.45) is 5.73 Å². The van der Waals surface area contributed by atoms with Gasteiger partial charge >= 0.3 is 0 Å². The molecule has 3 amide bonds. The van der Waals surface area contributed by atoms with E-state index in [1.54, 1.807) is 0 Å². The molecule has 0 aromatic carbocycles. The monoisotopic (exact) mass is 213 g/mol. The van der Waals surface area contributed by atoms with Gasteiger partial charge in [-0.05, 0) is 12.8 Å². The van der Waals surface area contributed by atoms with Gasteiger partial charge in [0.1, 0.15) is 6.04 Å². The summed E-state index contributed by atoms with van der Waals surface area (Å²) < 4.78 is 0. The molecule has 0 aromatic rings. The Bertz CT molecular complexity index is 290. The third kappa shape index (κ3) is 2.93. The molecule has 15 heavy (non-hydrogen) atoms. The first kappa shape index (κ1) is 11.5. The van der Waals surface area contributed by atoms with Crippen LogP contribution in [0.4, 0.5) is 0 Å². The Balaban J connectivity index is 2.51. The second kappa shape index (κ2) is 4.77. The minimum absolute atomic E-state index is 0.119. The first-order valence-electron chi connectivity index (χ1n) is 4.85. The molecule has 1 heterocycles. The summed E-state index contributed by atoms with van der Waals surface area (Å²) in [7, 11) is 0. The summed E-state index contributed by atoms with van der Waals surface area (Å²) >= 11 is 0. The fourth-order valence-electron chi connectivity index (χ4n) is 1.71. The zero-order chi connectivity index (χ0) is 11.4. The predicted octanol–water partition coefficient (Wildman–Crippen LogP) is -1.40. The largest absolute Gasteiger partial charge is 0.368 e. The average Bonchev–Trinajstić information content (AvgIpc) is 2.62. The number of nitrogens with zero attached hydrogens (tertiary/aromatic N) is 1. The van der Waals surface area contributed by atoms with Gasteiger partial charge in [-0.3, -0.25) is 14.4 Å². The summed E-state index contributed by atoms with van der Waals surface area (Å²) in [6, 6.07) is -0.443. The molecule has 0 aliphatic carbocycles. The number of nitrogens with two attached hydrogens (primary N) is 1. The maximum Gasteiger partial charge on any atom is 0.243 e. The molecule has 0 radical (unpaired) electrons. The molecule has 1 aliphatic heterocycles. The highest BCUT2D eigenvalue weighted by atomic mass is 16.2. The topological polar surface area (TPSA) is 92.5 Å². The molecular weight excluding hydrogens is 198 g/mol. The Labute approximate surface area is 87.8 Å². The number of carbonyl (C=O) groups is 3. The SMILES string of the molecule is CC(=O)N1CCC[C@H]1C(=O)NCC(N)=O. The second-order valence-electron chi connectivity index (χ2n) is 3.55. The minimum atomic E-state index is -0.587. The predicted molar refractivity (Wildman–Crippen MR) is 52.6 cm³/mol. The highest BCUT2D eigenvalue weighted by Crippen LogP contribution is 2.16. The van der Waals surface area contributed by atoms with Crippen LogP contribution in [0.25, 0.3) is 0 Å². The van der Waals surface area contributed by atoms with E-state index in [2.05, 4.69) is 5.32 Å². The Kier molecular flexibility index (Phi) is 3.65. The lowest BCUT2D eigenvalue weighted by Gasteiger charge is -2.21. The molecule has 3 N–H and O–H groups in total. The van der Waals surface area contributed by atoms with Crippen LogP contribution >= 0.6 is 0 Å². The molecule has 84 valence electrons. The average molecular weight is 213 g/mol. The molecule has 1 saturated heterocycles. The summed E-state index contributed by atoms with van der Waals surface area (Å²) in [5.74, 6) is -1.01. The molecule has 6 heteroatoms. The van der Waals surface area contributed by atoms with Crippen molar-refractivity contribution in [2.45, 2.75) is 25.8 Å². The lowest BCUT2D eigenvalue weighted by molar-refractivity contribution is -0.137. The number of hydrogen-bond donors (Lipinski definition) is 2. The van der Waals surface area contributed by atoms with Gasteiger partial charge in [-0.25, -0.2) is 0 Å². The van der Waals surface area contributed by atoms with Crippen LogP contribution in [0.2, 0.25) is 0 Å². The smallest absolute Gasteiger partial charge is 0.243 e. The quantitative estimate of drug-likeness (QED) is 0.603. The van der Waals surface area contributed by atoms with E-state index in [4.69, 9.17) is 5.73 Å². The normalized spacial score (nSPS) is 20.1. The van der Waals surface area contributed by atoms with E-state index < -0.39 is 11.9 Å². The molecule has 0 unspecified atom stereocenters. The van der Waals surface area contributed by atoms with Gasteiger partial charge in [0, 0.05) is 13.5 Å². The molecule has 0 spiro atoms. The number of nitrogens with one attached hydrogen (secondary N) is 1. The van der Waals surface area contributed by atoms with Gasteiger partial charge in [0.05, 0.1) is 6.54 Å². The van der Waals surface area contributed by atoms with Crippen LogP contribution in [0, 0.1) is 0 Å². The molecule has 6 nitrogen and oxygen atoms in total.